The van der Waals surface area contributed by atoms with E-state index in [2.05, 4.69) is 12.2 Å². The van der Waals surface area contributed by atoms with Crippen LogP contribution in [0.25, 0.3) is 0 Å². The summed E-state index contributed by atoms with van der Waals surface area (Å²) in [5.41, 5.74) is 0.774. The lowest BCUT2D eigenvalue weighted by atomic mass is 10.1. The summed E-state index contributed by atoms with van der Waals surface area (Å²) in [5.74, 6) is 0.570. The van der Waals surface area contributed by atoms with E-state index in [1.807, 2.05) is 0 Å². The summed E-state index contributed by atoms with van der Waals surface area (Å²) in [4.78, 5) is 24.5. The van der Waals surface area contributed by atoms with Gasteiger partial charge in [-0.15, -0.1) is 0 Å². The van der Waals surface area contributed by atoms with Crippen LogP contribution in [0.3, 0.4) is 0 Å². The van der Waals surface area contributed by atoms with Gasteiger partial charge in [-0.2, -0.15) is 0 Å². The third-order valence-electron chi connectivity index (χ3n) is 3.47. The van der Waals surface area contributed by atoms with E-state index < -0.39 is 0 Å². The Labute approximate surface area is 119 Å². The fourth-order valence-electron chi connectivity index (χ4n) is 2.17. The highest BCUT2D eigenvalue weighted by Gasteiger charge is 2.15. The van der Waals surface area contributed by atoms with Crippen molar-refractivity contribution in [1.82, 2.24) is 0 Å². The van der Waals surface area contributed by atoms with E-state index in [0.717, 1.165) is 18.5 Å². The second kappa shape index (κ2) is 6.37. The summed E-state index contributed by atoms with van der Waals surface area (Å²) in [5, 5.41) is 0. The summed E-state index contributed by atoms with van der Waals surface area (Å²) in [6.45, 7) is 1.50. The van der Waals surface area contributed by atoms with Crippen LogP contribution in [0.5, 0.6) is 5.75 Å². The van der Waals surface area contributed by atoms with Crippen LogP contribution in [0.2, 0.25) is 0 Å². The van der Waals surface area contributed by atoms with Gasteiger partial charge in [0.05, 0.1) is 6.42 Å². The monoisotopic (exact) mass is 273 g/mol. The van der Waals surface area contributed by atoms with Crippen molar-refractivity contribution >= 4 is 17.6 Å². The quantitative estimate of drug-likeness (QED) is 0.481. The molecule has 0 heterocycles. The van der Waals surface area contributed by atoms with Crippen LogP contribution in [0.4, 0.5) is 5.69 Å². The molecule has 0 saturated carbocycles. The van der Waals surface area contributed by atoms with E-state index in [4.69, 9.17) is 4.74 Å². The van der Waals surface area contributed by atoms with Crippen molar-refractivity contribution in [1.29, 1.82) is 0 Å². The van der Waals surface area contributed by atoms with Gasteiger partial charge >= 0.3 is 5.97 Å². The number of anilines is 1. The van der Waals surface area contributed by atoms with E-state index in [-0.39, 0.29) is 11.9 Å². The largest absolute Gasteiger partial charge is 0.427 e. The molecule has 1 aliphatic carbocycles. The Morgan fingerprint density at radius 1 is 1.30 bits per heavy atom. The zero-order valence-corrected chi connectivity index (χ0v) is 11.8. The molecule has 0 unspecified atom stereocenters. The molecule has 0 N–H and O–H groups in total. The third kappa shape index (κ3) is 3.70. The molecule has 0 aliphatic heterocycles. The Morgan fingerprint density at radius 2 is 2.00 bits per heavy atom. The number of carbonyl (C=O) groups is 2. The lowest BCUT2D eigenvalue weighted by Gasteiger charge is -2.15. The minimum atomic E-state index is -0.214. The maximum atomic E-state index is 11.8. The van der Waals surface area contributed by atoms with Crippen molar-refractivity contribution in [2.45, 2.75) is 26.2 Å². The van der Waals surface area contributed by atoms with Gasteiger partial charge in [0, 0.05) is 19.7 Å². The molecule has 0 bridgehead atoms. The topological polar surface area (TPSA) is 46.6 Å². The molecule has 106 valence electrons. The Morgan fingerprint density at radius 3 is 2.55 bits per heavy atom. The highest BCUT2D eigenvalue weighted by molar-refractivity contribution is 5.90. The molecule has 1 aromatic carbocycles. The van der Waals surface area contributed by atoms with Gasteiger partial charge in [-0.25, -0.2) is 0 Å². The first-order chi connectivity index (χ1) is 9.56. The number of ether oxygens (including phenoxy) is 1. The molecular weight excluding hydrogens is 254 g/mol. The van der Waals surface area contributed by atoms with Gasteiger partial charge in [0.15, 0.2) is 0 Å². The number of carbonyl (C=O) groups excluding carboxylic acids is 2. The maximum absolute atomic E-state index is 11.8. The number of rotatable bonds is 4. The summed E-state index contributed by atoms with van der Waals surface area (Å²) < 4.78 is 5.30. The second-order valence-electron chi connectivity index (χ2n) is 5.02. The lowest BCUT2D eigenvalue weighted by Crippen LogP contribution is -2.22. The molecule has 1 atom stereocenters. The minimum Gasteiger partial charge on any atom is -0.427 e. The van der Waals surface area contributed by atoms with Gasteiger partial charge < -0.3 is 9.64 Å². The maximum Gasteiger partial charge on any atom is 0.311 e. The number of hydrogen-bond donors (Lipinski definition) is 0. The zero-order chi connectivity index (χ0) is 14.5. The number of allylic oxidation sites excluding steroid dienone is 2. The Bertz CT molecular complexity index is 519. The summed E-state index contributed by atoms with van der Waals surface area (Å²) in [6.07, 6.45) is 6.67. The zero-order valence-electron chi connectivity index (χ0n) is 11.8. The fraction of sp³-hybridized carbons (Fsp3) is 0.375. The highest BCUT2D eigenvalue weighted by Crippen LogP contribution is 2.23. The average Bonchev–Trinajstić information content (AvgIpc) is 2.91. The third-order valence-corrected chi connectivity index (χ3v) is 3.47. The van der Waals surface area contributed by atoms with Crippen molar-refractivity contribution in [3.63, 3.8) is 0 Å². The van der Waals surface area contributed by atoms with Crippen LogP contribution in [-0.4, -0.2) is 18.9 Å². The number of benzene rings is 1. The predicted molar refractivity (Wildman–Crippen MR) is 77.6 cm³/mol. The lowest BCUT2D eigenvalue weighted by molar-refractivity contribution is -0.135. The molecule has 1 aliphatic rings. The van der Waals surface area contributed by atoms with Gasteiger partial charge in [0.25, 0.3) is 0 Å². The molecule has 4 nitrogen and oxygen atoms in total. The van der Waals surface area contributed by atoms with Gasteiger partial charge in [-0.3, -0.25) is 9.59 Å². The molecule has 1 aromatic rings. The molecule has 0 radical (unpaired) electrons. The molecule has 0 aromatic heterocycles. The van der Waals surface area contributed by atoms with Crippen molar-refractivity contribution in [3.05, 3.63) is 36.4 Å². The van der Waals surface area contributed by atoms with Crippen LogP contribution in [0.15, 0.2) is 36.4 Å². The molecular formula is C16H19NO3. The van der Waals surface area contributed by atoms with Gasteiger partial charge in [-0.05, 0) is 43.0 Å². The highest BCUT2D eigenvalue weighted by atomic mass is 16.5. The van der Waals surface area contributed by atoms with Crippen LogP contribution in [0, 0.1) is 5.92 Å². The van der Waals surface area contributed by atoms with E-state index in [1.165, 1.54) is 11.8 Å². The van der Waals surface area contributed by atoms with E-state index in [9.17, 15) is 9.59 Å². The molecule has 20 heavy (non-hydrogen) atoms. The van der Waals surface area contributed by atoms with Crippen molar-refractivity contribution in [2.24, 2.45) is 5.92 Å². The van der Waals surface area contributed by atoms with E-state index >= 15 is 0 Å². The number of hydrogen-bond acceptors (Lipinski definition) is 3. The first kappa shape index (κ1) is 14.3. The molecule has 2 rings (SSSR count). The van der Waals surface area contributed by atoms with Crippen molar-refractivity contribution < 1.29 is 14.3 Å². The Kier molecular flexibility index (Phi) is 4.56. The van der Waals surface area contributed by atoms with Gasteiger partial charge in [0.1, 0.15) is 5.75 Å². The molecule has 0 saturated heterocycles. The SMILES string of the molecule is CC(=O)N(C)c1ccc(OC(=O)C[C@H]2C=CCC2)cc1. The van der Waals surface area contributed by atoms with Crippen LogP contribution >= 0.6 is 0 Å². The van der Waals surface area contributed by atoms with Crippen molar-refractivity contribution in [3.8, 4) is 5.75 Å². The van der Waals surface area contributed by atoms with E-state index in [0.29, 0.717) is 18.1 Å². The smallest absolute Gasteiger partial charge is 0.311 e. The minimum absolute atomic E-state index is 0.0391. The standard InChI is InChI=1S/C16H19NO3/c1-12(18)17(2)14-7-9-15(10-8-14)20-16(19)11-13-5-3-4-6-13/h3,5,7-10,13H,4,6,11H2,1-2H3/t13-/m0/s1. The summed E-state index contributed by atoms with van der Waals surface area (Å²) in [6, 6.07) is 6.94. The molecule has 0 fully saturated rings. The summed E-state index contributed by atoms with van der Waals surface area (Å²) >= 11 is 0. The first-order valence-electron chi connectivity index (χ1n) is 6.78. The van der Waals surface area contributed by atoms with Crippen LogP contribution in [-0.2, 0) is 9.59 Å². The van der Waals surface area contributed by atoms with E-state index in [1.54, 1.807) is 31.3 Å². The predicted octanol–water partition coefficient (Wildman–Crippen LogP) is 2.93. The van der Waals surface area contributed by atoms with Gasteiger partial charge in [-0.1, -0.05) is 12.2 Å². The second-order valence-corrected chi connectivity index (χ2v) is 5.02. The normalized spacial score (nSPS) is 17.0. The summed E-state index contributed by atoms with van der Waals surface area (Å²) in [7, 11) is 1.70. The Balaban J connectivity index is 1.91. The van der Waals surface area contributed by atoms with Crippen LogP contribution in [0.1, 0.15) is 26.2 Å². The number of nitrogens with zero attached hydrogens (tertiary/aromatic N) is 1. The van der Waals surface area contributed by atoms with Crippen LogP contribution < -0.4 is 9.64 Å². The molecule has 1 amide bonds. The molecule has 4 heteroatoms. The number of amides is 1. The first-order valence-corrected chi connectivity index (χ1v) is 6.78. The van der Waals surface area contributed by atoms with Crippen molar-refractivity contribution in [2.75, 3.05) is 11.9 Å². The fourth-order valence-corrected chi connectivity index (χ4v) is 2.17. The van der Waals surface area contributed by atoms with Gasteiger partial charge in [0.2, 0.25) is 5.91 Å². The number of esters is 1. The Hall–Kier alpha value is -2.10. The molecule has 0 spiro atoms. The average molecular weight is 273 g/mol.